The summed E-state index contributed by atoms with van der Waals surface area (Å²) >= 11 is 6.83. The molecule has 0 aliphatic heterocycles. The first kappa shape index (κ1) is 14.9. The Hall–Kier alpha value is -1.02. The van der Waals surface area contributed by atoms with E-state index in [1.807, 2.05) is 17.5 Å². The third-order valence-corrected chi connectivity index (χ3v) is 5.69. The Morgan fingerprint density at radius 3 is 2.86 bits per heavy atom. The number of thiophene rings is 2. The van der Waals surface area contributed by atoms with Gasteiger partial charge in [-0.05, 0) is 53.5 Å². The molecule has 4 nitrogen and oxygen atoms in total. The Kier molecular flexibility index (Phi) is 4.54. The van der Waals surface area contributed by atoms with Gasteiger partial charge in [-0.2, -0.15) is 0 Å². The summed E-state index contributed by atoms with van der Waals surface area (Å²) in [5.74, 6) is 1.25. The largest absolute Gasteiger partial charge is 0.418 e. The molecule has 0 saturated carbocycles. The van der Waals surface area contributed by atoms with Gasteiger partial charge in [-0.25, -0.2) is 0 Å². The standard InChI is InChI=1S/C14H14BrN3OS2/c1-9(18(2)8-10-5-6-12(15)21-10)13-16-17-14(19-13)11-4-3-7-20-11/h3-7,9H,8H2,1-2H3/t9-/m1/s1. The molecule has 0 unspecified atom stereocenters. The van der Waals surface area contributed by atoms with Gasteiger partial charge < -0.3 is 4.42 Å². The minimum Gasteiger partial charge on any atom is -0.418 e. The fraction of sp³-hybridized carbons (Fsp3) is 0.286. The normalized spacial score (nSPS) is 13.0. The molecule has 0 aromatic carbocycles. The lowest BCUT2D eigenvalue weighted by Gasteiger charge is -2.20. The number of aromatic nitrogens is 2. The van der Waals surface area contributed by atoms with Crippen molar-refractivity contribution in [2.24, 2.45) is 0 Å². The first-order valence-corrected chi connectivity index (χ1v) is 8.94. The highest BCUT2D eigenvalue weighted by atomic mass is 79.9. The summed E-state index contributed by atoms with van der Waals surface area (Å²) in [7, 11) is 2.06. The molecule has 110 valence electrons. The number of hydrogen-bond acceptors (Lipinski definition) is 6. The number of rotatable bonds is 5. The van der Waals surface area contributed by atoms with Crippen molar-refractivity contribution < 1.29 is 4.42 Å². The van der Waals surface area contributed by atoms with E-state index in [4.69, 9.17) is 4.42 Å². The van der Waals surface area contributed by atoms with Crippen LogP contribution in [0.3, 0.4) is 0 Å². The maximum absolute atomic E-state index is 5.79. The highest BCUT2D eigenvalue weighted by Crippen LogP contribution is 2.28. The van der Waals surface area contributed by atoms with Crippen LogP contribution in [0, 0.1) is 0 Å². The van der Waals surface area contributed by atoms with Crippen molar-refractivity contribution in [3.05, 3.63) is 44.2 Å². The fourth-order valence-corrected chi connectivity index (χ4v) is 4.10. The molecule has 3 aromatic rings. The van der Waals surface area contributed by atoms with Gasteiger partial charge in [-0.15, -0.1) is 32.9 Å². The summed E-state index contributed by atoms with van der Waals surface area (Å²) in [6.45, 7) is 2.93. The predicted octanol–water partition coefficient (Wildman–Crippen LogP) is 4.82. The monoisotopic (exact) mass is 383 g/mol. The molecule has 0 bridgehead atoms. The van der Waals surface area contributed by atoms with Gasteiger partial charge in [0.1, 0.15) is 0 Å². The predicted molar refractivity (Wildman–Crippen MR) is 89.5 cm³/mol. The Morgan fingerprint density at radius 2 is 2.19 bits per heavy atom. The molecule has 3 rings (SSSR count). The molecule has 0 saturated heterocycles. The average Bonchev–Trinajstić information content (AvgIpc) is 3.18. The van der Waals surface area contributed by atoms with Gasteiger partial charge in [-0.1, -0.05) is 6.07 Å². The van der Waals surface area contributed by atoms with Crippen LogP contribution >= 0.6 is 38.6 Å². The third kappa shape index (κ3) is 3.42. The zero-order valence-corrected chi connectivity index (χ0v) is 14.8. The van der Waals surface area contributed by atoms with Crippen molar-refractivity contribution >= 4 is 38.6 Å². The summed E-state index contributed by atoms with van der Waals surface area (Å²) in [5.41, 5.74) is 0. The van der Waals surface area contributed by atoms with Gasteiger partial charge in [0, 0.05) is 11.4 Å². The average molecular weight is 384 g/mol. The van der Waals surface area contributed by atoms with E-state index in [9.17, 15) is 0 Å². The summed E-state index contributed by atoms with van der Waals surface area (Å²) in [4.78, 5) is 4.50. The van der Waals surface area contributed by atoms with E-state index >= 15 is 0 Å². The van der Waals surface area contributed by atoms with Crippen LogP contribution < -0.4 is 0 Å². The van der Waals surface area contributed by atoms with Crippen LogP contribution in [0.5, 0.6) is 0 Å². The van der Waals surface area contributed by atoms with E-state index in [1.54, 1.807) is 22.7 Å². The van der Waals surface area contributed by atoms with Crippen molar-refractivity contribution in [2.75, 3.05) is 7.05 Å². The van der Waals surface area contributed by atoms with Crippen molar-refractivity contribution in [3.8, 4) is 10.8 Å². The van der Waals surface area contributed by atoms with E-state index in [-0.39, 0.29) is 6.04 Å². The summed E-state index contributed by atoms with van der Waals surface area (Å²) in [5, 5.41) is 10.3. The molecule has 0 radical (unpaired) electrons. The molecule has 0 fully saturated rings. The molecule has 0 aliphatic carbocycles. The number of nitrogens with zero attached hydrogens (tertiary/aromatic N) is 3. The van der Waals surface area contributed by atoms with Crippen molar-refractivity contribution in [1.29, 1.82) is 0 Å². The number of hydrogen-bond donors (Lipinski definition) is 0. The highest BCUT2D eigenvalue weighted by molar-refractivity contribution is 9.11. The molecule has 1 atom stereocenters. The highest BCUT2D eigenvalue weighted by Gasteiger charge is 2.20. The second-order valence-electron chi connectivity index (χ2n) is 4.72. The molecule has 0 amide bonds. The summed E-state index contributed by atoms with van der Waals surface area (Å²) in [6, 6.07) is 8.24. The Morgan fingerprint density at radius 1 is 1.33 bits per heavy atom. The molecular formula is C14H14BrN3OS2. The third-order valence-electron chi connectivity index (χ3n) is 3.23. The van der Waals surface area contributed by atoms with Crippen molar-refractivity contribution in [1.82, 2.24) is 15.1 Å². The van der Waals surface area contributed by atoms with Crippen molar-refractivity contribution in [2.45, 2.75) is 19.5 Å². The maximum Gasteiger partial charge on any atom is 0.257 e. The molecule has 0 spiro atoms. The van der Waals surface area contributed by atoms with E-state index < -0.39 is 0 Å². The Bertz CT molecular complexity index is 707. The van der Waals surface area contributed by atoms with Crippen LogP contribution in [0.25, 0.3) is 10.8 Å². The van der Waals surface area contributed by atoms with Crippen LogP contribution in [0.15, 0.2) is 37.8 Å². The van der Waals surface area contributed by atoms with Gasteiger partial charge >= 0.3 is 0 Å². The smallest absolute Gasteiger partial charge is 0.257 e. The van der Waals surface area contributed by atoms with Crippen LogP contribution in [-0.4, -0.2) is 22.1 Å². The molecule has 0 aliphatic rings. The minimum absolute atomic E-state index is 0.0760. The Labute approximate surface area is 139 Å². The van der Waals surface area contributed by atoms with Crippen LogP contribution in [0.1, 0.15) is 23.7 Å². The lowest BCUT2D eigenvalue weighted by molar-refractivity contribution is 0.220. The van der Waals surface area contributed by atoms with Gasteiger partial charge in [-0.3, -0.25) is 4.90 Å². The van der Waals surface area contributed by atoms with Gasteiger partial charge in [0.15, 0.2) is 0 Å². The number of halogens is 1. The summed E-state index contributed by atoms with van der Waals surface area (Å²) in [6.07, 6.45) is 0. The zero-order chi connectivity index (χ0) is 14.8. The first-order chi connectivity index (χ1) is 10.1. The molecular weight excluding hydrogens is 370 g/mol. The van der Waals surface area contributed by atoms with Crippen molar-refractivity contribution in [3.63, 3.8) is 0 Å². The zero-order valence-electron chi connectivity index (χ0n) is 11.6. The molecule has 7 heteroatoms. The van der Waals surface area contributed by atoms with E-state index in [0.29, 0.717) is 11.8 Å². The maximum atomic E-state index is 5.79. The topological polar surface area (TPSA) is 42.2 Å². The van der Waals surface area contributed by atoms with E-state index in [0.717, 1.165) is 15.2 Å². The fourth-order valence-electron chi connectivity index (χ4n) is 1.91. The second-order valence-corrected chi connectivity index (χ2v) is 8.21. The molecule has 21 heavy (non-hydrogen) atoms. The Balaban J connectivity index is 1.71. The molecule has 0 N–H and O–H groups in total. The van der Waals surface area contributed by atoms with E-state index in [2.05, 4.69) is 57.1 Å². The van der Waals surface area contributed by atoms with Crippen LogP contribution in [0.2, 0.25) is 0 Å². The lowest BCUT2D eigenvalue weighted by Crippen LogP contribution is -2.21. The quantitative estimate of drug-likeness (QED) is 0.633. The van der Waals surface area contributed by atoms with Crippen LogP contribution in [0.4, 0.5) is 0 Å². The second kappa shape index (κ2) is 6.39. The van der Waals surface area contributed by atoms with Gasteiger partial charge in [0.25, 0.3) is 5.89 Å². The van der Waals surface area contributed by atoms with Gasteiger partial charge in [0.05, 0.1) is 14.7 Å². The van der Waals surface area contributed by atoms with E-state index in [1.165, 1.54) is 4.88 Å². The molecule has 3 aromatic heterocycles. The first-order valence-electron chi connectivity index (χ1n) is 6.45. The van der Waals surface area contributed by atoms with Gasteiger partial charge in [0.2, 0.25) is 5.89 Å². The summed E-state index contributed by atoms with van der Waals surface area (Å²) < 4.78 is 6.94. The lowest BCUT2D eigenvalue weighted by atomic mass is 10.3. The SMILES string of the molecule is C[C@H](c1nnc(-c2cccs2)o1)N(C)Cc1ccc(Br)s1. The molecule has 3 heterocycles. The van der Waals surface area contributed by atoms with Crippen LogP contribution in [-0.2, 0) is 6.54 Å². The minimum atomic E-state index is 0.0760.